The number of hydrogen-bond acceptors (Lipinski definition) is 4. The maximum Gasteiger partial charge on any atom is 0.233 e. The number of nitrogens with one attached hydrogen (secondary N) is 1. The summed E-state index contributed by atoms with van der Waals surface area (Å²) in [6, 6.07) is 8.24. The zero-order chi connectivity index (χ0) is 15.2. The summed E-state index contributed by atoms with van der Waals surface area (Å²) < 4.78 is 0. The van der Waals surface area contributed by atoms with Crippen LogP contribution in [0.3, 0.4) is 0 Å². The molecule has 1 N–H and O–H groups in total. The van der Waals surface area contributed by atoms with Gasteiger partial charge in [0.1, 0.15) is 5.01 Å². The van der Waals surface area contributed by atoms with Crippen molar-refractivity contribution in [2.75, 3.05) is 20.6 Å². The molecule has 2 aromatic rings. The van der Waals surface area contributed by atoms with Crippen LogP contribution in [0.2, 0.25) is 0 Å². The second kappa shape index (κ2) is 7.54. The van der Waals surface area contributed by atoms with E-state index in [0.717, 1.165) is 22.8 Å². The largest absolute Gasteiger partial charge is 0.358 e. The molecule has 6 heteroatoms. The van der Waals surface area contributed by atoms with E-state index in [9.17, 15) is 4.79 Å². The number of alkyl halides is 1. The van der Waals surface area contributed by atoms with Crippen LogP contribution in [0.5, 0.6) is 0 Å². The van der Waals surface area contributed by atoms with Crippen LogP contribution in [-0.2, 0) is 17.2 Å². The van der Waals surface area contributed by atoms with E-state index in [1.54, 1.807) is 18.4 Å². The molecule has 0 saturated heterocycles. The summed E-state index contributed by atoms with van der Waals surface area (Å²) in [4.78, 5) is 17.8. The maximum absolute atomic E-state index is 11.3. The van der Waals surface area contributed by atoms with Crippen LogP contribution in [0.25, 0.3) is 10.6 Å². The minimum atomic E-state index is 0.0190. The zero-order valence-electron chi connectivity index (χ0n) is 12.1. The molecule has 0 saturated carbocycles. The van der Waals surface area contributed by atoms with Crippen LogP contribution in [0, 0.1) is 0 Å². The summed E-state index contributed by atoms with van der Waals surface area (Å²) in [7, 11) is 3.57. The molecule has 0 unspecified atom stereocenters. The Morgan fingerprint density at radius 2 is 2.10 bits per heavy atom. The van der Waals surface area contributed by atoms with Gasteiger partial charge in [0.15, 0.2) is 0 Å². The fourth-order valence-corrected chi connectivity index (χ4v) is 3.00. The number of amides is 1. The van der Waals surface area contributed by atoms with Gasteiger partial charge in [0, 0.05) is 24.5 Å². The Balaban J connectivity index is 2.00. The molecule has 0 bridgehead atoms. The molecular weight excluding hydrogens is 306 g/mol. The molecule has 0 atom stereocenters. The first-order valence-electron chi connectivity index (χ1n) is 6.61. The number of carbonyl (C=O) groups excluding carboxylic acids is 1. The third-order valence-corrected chi connectivity index (χ3v) is 4.25. The number of benzene rings is 1. The Bertz CT molecular complexity index is 597. The SMILES string of the molecule is CNC(=O)CN(C)Cc1ccc(-c2nc(CCl)cs2)cc1. The first-order valence-corrected chi connectivity index (χ1v) is 8.02. The van der Waals surface area contributed by atoms with Crippen molar-refractivity contribution >= 4 is 28.8 Å². The highest BCUT2D eigenvalue weighted by atomic mass is 35.5. The van der Waals surface area contributed by atoms with Crippen molar-refractivity contribution in [3.8, 4) is 10.6 Å². The molecular formula is C15H18ClN3OS. The maximum atomic E-state index is 11.3. The molecule has 0 spiro atoms. The Morgan fingerprint density at radius 3 is 2.67 bits per heavy atom. The predicted octanol–water partition coefficient (Wildman–Crippen LogP) is 2.73. The molecule has 112 valence electrons. The number of rotatable bonds is 6. The van der Waals surface area contributed by atoms with Crippen molar-refractivity contribution < 1.29 is 4.79 Å². The lowest BCUT2D eigenvalue weighted by Gasteiger charge is -2.15. The van der Waals surface area contributed by atoms with E-state index in [1.165, 1.54) is 5.56 Å². The fraction of sp³-hybridized carbons (Fsp3) is 0.333. The lowest BCUT2D eigenvalue weighted by Crippen LogP contribution is -2.32. The van der Waals surface area contributed by atoms with Crippen molar-refractivity contribution in [1.29, 1.82) is 0 Å². The summed E-state index contributed by atoms with van der Waals surface area (Å²) in [6.07, 6.45) is 0. The van der Waals surface area contributed by atoms with Crippen LogP contribution in [0.1, 0.15) is 11.3 Å². The summed E-state index contributed by atoms with van der Waals surface area (Å²) in [5.41, 5.74) is 3.17. The predicted molar refractivity (Wildman–Crippen MR) is 87.5 cm³/mol. The number of aromatic nitrogens is 1. The third-order valence-electron chi connectivity index (χ3n) is 3.03. The van der Waals surface area contributed by atoms with Crippen molar-refractivity contribution in [2.45, 2.75) is 12.4 Å². The summed E-state index contributed by atoms with van der Waals surface area (Å²) in [6.45, 7) is 1.13. The number of hydrogen-bond donors (Lipinski definition) is 1. The standard InChI is InChI=1S/C15H18ClN3OS/c1-17-14(20)9-19(2)8-11-3-5-12(6-4-11)15-18-13(7-16)10-21-15/h3-6,10H,7-9H2,1-2H3,(H,17,20). The van der Waals surface area contributed by atoms with Crippen LogP contribution in [0.15, 0.2) is 29.6 Å². The summed E-state index contributed by atoms with van der Waals surface area (Å²) in [5, 5.41) is 5.58. The van der Waals surface area contributed by atoms with Gasteiger partial charge in [-0.3, -0.25) is 9.69 Å². The van der Waals surface area contributed by atoms with Gasteiger partial charge in [-0.25, -0.2) is 4.98 Å². The highest BCUT2D eigenvalue weighted by molar-refractivity contribution is 7.13. The number of thiazole rings is 1. The van der Waals surface area contributed by atoms with E-state index in [2.05, 4.69) is 34.6 Å². The van der Waals surface area contributed by atoms with Gasteiger partial charge in [-0.15, -0.1) is 22.9 Å². The van der Waals surface area contributed by atoms with Crippen LogP contribution in [0.4, 0.5) is 0 Å². The topological polar surface area (TPSA) is 45.2 Å². The number of carbonyl (C=O) groups is 1. The number of likely N-dealkylation sites (N-methyl/N-ethyl adjacent to an activating group) is 2. The van der Waals surface area contributed by atoms with Crippen LogP contribution in [-0.4, -0.2) is 36.4 Å². The zero-order valence-corrected chi connectivity index (χ0v) is 13.7. The van der Waals surface area contributed by atoms with Crippen LogP contribution < -0.4 is 5.32 Å². The third kappa shape index (κ3) is 4.52. The van der Waals surface area contributed by atoms with Gasteiger partial charge in [0.2, 0.25) is 5.91 Å². The van der Waals surface area contributed by atoms with Crippen molar-refractivity contribution in [1.82, 2.24) is 15.2 Å². The second-order valence-corrected chi connectivity index (χ2v) is 5.95. The molecule has 1 aromatic heterocycles. The van der Waals surface area contributed by atoms with Crippen molar-refractivity contribution in [2.24, 2.45) is 0 Å². The van der Waals surface area contributed by atoms with E-state index in [-0.39, 0.29) is 5.91 Å². The second-order valence-electron chi connectivity index (χ2n) is 4.82. The molecule has 0 aliphatic rings. The molecule has 0 radical (unpaired) electrons. The van der Waals surface area contributed by atoms with Gasteiger partial charge >= 0.3 is 0 Å². The van der Waals surface area contributed by atoms with E-state index in [4.69, 9.17) is 11.6 Å². The monoisotopic (exact) mass is 323 g/mol. The van der Waals surface area contributed by atoms with Gasteiger partial charge in [-0.2, -0.15) is 0 Å². The molecule has 2 rings (SSSR count). The van der Waals surface area contributed by atoms with Gasteiger partial charge in [-0.05, 0) is 12.6 Å². The van der Waals surface area contributed by atoms with Gasteiger partial charge < -0.3 is 5.32 Å². The minimum absolute atomic E-state index is 0.0190. The van der Waals surface area contributed by atoms with Gasteiger partial charge in [-0.1, -0.05) is 24.3 Å². The summed E-state index contributed by atoms with van der Waals surface area (Å²) >= 11 is 7.37. The lowest BCUT2D eigenvalue weighted by atomic mass is 10.1. The first-order chi connectivity index (χ1) is 10.1. The molecule has 21 heavy (non-hydrogen) atoms. The van der Waals surface area contributed by atoms with Crippen molar-refractivity contribution in [3.05, 3.63) is 40.9 Å². The Morgan fingerprint density at radius 1 is 1.38 bits per heavy atom. The molecule has 1 aromatic carbocycles. The van der Waals surface area contributed by atoms with E-state index in [0.29, 0.717) is 12.4 Å². The quantitative estimate of drug-likeness (QED) is 0.831. The van der Waals surface area contributed by atoms with E-state index >= 15 is 0 Å². The van der Waals surface area contributed by atoms with Gasteiger partial charge in [0.05, 0.1) is 18.1 Å². The Labute approximate surface area is 133 Å². The highest BCUT2D eigenvalue weighted by Crippen LogP contribution is 2.24. The lowest BCUT2D eigenvalue weighted by molar-refractivity contribution is -0.121. The Kier molecular flexibility index (Phi) is 5.73. The molecule has 1 heterocycles. The smallest absolute Gasteiger partial charge is 0.233 e. The number of nitrogens with zero attached hydrogens (tertiary/aromatic N) is 2. The molecule has 0 fully saturated rings. The fourth-order valence-electron chi connectivity index (χ4n) is 1.95. The summed E-state index contributed by atoms with van der Waals surface area (Å²) in [5.74, 6) is 0.462. The average molecular weight is 324 g/mol. The first kappa shape index (κ1) is 15.9. The van der Waals surface area contributed by atoms with E-state index < -0.39 is 0 Å². The Hall–Kier alpha value is -1.43. The average Bonchev–Trinajstić information content (AvgIpc) is 2.96. The molecule has 0 aliphatic carbocycles. The molecule has 0 aliphatic heterocycles. The highest BCUT2D eigenvalue weighted by Gasteiger charge is 2.07. The number of halogens is 1. The minimum Gasteiger partial charge on any atom is -0.358 e. The molecule has 1 amide bonds. The molecule has 4 nitrogen and oxygen atoms in total. The van der Waals surface area contributed by atoms with Gasteiger partial charge in [0.25, 0.3) is 0 Å². The van der Waals surface area contributed by atoms with Crippen molar-refractivity contribution in [3.63, 3.8) is 0 Å². The van der Waals surface area contributed by atoms with Crippen LogP contribution >= 0.6 is 22.9 Å². The van der Waals surface area contributed by atoms with E-state index in [1.807, 2.05) is 17.3 Å². The normalized spacial score (nSPS) is 10.9.